The molecule has 6 rings (SSSR count). The topological polar surface area (TPSA) is 93.9 Å². The quantitative estimate of drug-likeness (QED) is 0.0843. The van der Waals surface area contributed by atoms with Crippen LogP contribution in [0.25, 0.3) is 21.5 Å². The number of pyridine rings is 2. The Morgan fingerprint density at radius 1 is 0.547 bits per heavy atom. The third kappa shape index (κ3) is 10.9. The van der Waals surface area contributed by atoms with Crippen molar-refractivity contribution < 1.29 is 18.7 Å². The van der Waals surface area contributed by atoms with Gasteiger partial charge in [-0.3, -0.25) is 9.59 Å². The number of anilines is 2. The lowest BCUT2D eigenvalue weighted by atomic mass is 9.70. The summed E-state index contributed by atoms with van der Waals surface area (Å²) in [6.07, 6.45) is 38.7. The van der Waals surface area contributed by atoms with Crippen molar-refractivity contribution >= 4 is 44.5 Å². The zero-order chi connectivity index (χ0) is 46.3. The molecule has 6 nitrogen and oxygen atoms in total. The minimum Gasteiger partial charge on any atom is -0.398 e. The van der Waals surface area contributed by atoms with Crippen molar-refractivity contribution in [2.24, 2.45) is 10.8 Å². The fourth-order valence-corrected chi connectivity index (χ4v) is 9.03. The van der Waals surface area contributed by atoms with Crippen molar-refractivity contribution in [3.05, 3.63) is 203 Å². The van der Waals surface area contributed by atoms with Gasteiger partial charge in [0.15, 0.2) is 24.8 Å². The van der Waals surface area contributed by atoms with Crippen molar-refractivity contribution in [2.75, 3.05) is 11.5 Å². The highest BCUT2D eigenvalue weighted by Crippen LogP contribution is 2.44. The first-order valence-electron chi connectivity index (χ1n) is 22.3. The summed E-state index contributed by atoms with van der Waals surface area (Å²) in [7, 11) is 0. The van der Waals surface area contributed by atoms with Crippen LogP contribution in [0, 0.1) is 10.8 Å². The van der Waals surface area contributed by atoms with Gasteiger partial charge in [-0.25, -0.2) is 0 Å². The monoisotopic (exact) mass is 851 g/mol. The number of nitrogens with two attached hydrogens (primary N) is 2. The Labute approximate surface area is 381 Å². The van der Waals surface area contributed by atoms with Crippen LogP contribution >= 0.6 is 0 Å². The van der Waals surface area contributed by atoms with E-state index in [-0.39, 0.29) is 34.5 Å². The number of Topliss-reactive ketones (excluding diaryl/α,β-unsaturated/α-hetero) is 2. The van der Waals surface area contributed by atoms with Crippen LogP contribution in [0.15, 0.2) is 203 Å². The van der Waals surface area contributed by atoms with Gasteiger partial charge >= 0.3 is 0 Å². The Morgan fingerprint density at radius 3 is 1.30 bits per heavy atom. The van der Waals surface area contributed by atoms with E-state index in [1.165, 1.54) is 0 Å². The van der Waals surface area contributed by atoms with Gasteiger partial charge in [0.25, 0.3) is 0 Å². The van der Waals surface area contributed by atoms with Crippen LogP contribution in [0.3, 0.4) is 0 Å². The Bertz CT molecular complexity index is 2650. The number of hydrogen-bond donors (Lipinski definition) is 2. The summed E-state index contributed by atoms with van der Waals surface area (Å²) < 4.78 is 4.10. The molecule has 0 fully saturated rings. The van der Waals surface area contributed by atoms with Gasteiger partial charge in [-0.15, -0.1) is 0 Å². The molecule has 2 unspecified atom stereocenters. The highest BCUT2D eigenvalue weighted by atomic mass is 16.1. The summed E-state index contributed by atoms with van der Waals surface area (Å²) >= 11 is 0. The number of nitrogen functional groups attached to an aromatic ring is 2. The van der Waals surface area contributed by atoms with Gasteiger partial charge in [0.05, 0.1) is 0 Å². The Hall–Kier alpha value is -6.66. The number of benzene rings is 2. The second-order valence-electron chi connectivity index (χ2n) is 18.9. The molecule has 0 bridgehead atoms. The van der Waals surface area contributed by atoms with Gasteiger partial charge in [0.1, 0.15) is 0 Å². The maximum absolute atomic E-state index is 13.7. The van der Waals surface area contributed by atoms with E-state index in [0.717, 1.165) is 90.3 Å². The molecule has 6 heteroatoms. The molecule has 2 aromatic carbocycles. The van der Waals surface area contributed by atoms with Gasteiger partial charge in [-0.1, -0.05) is 147 Å². The van der Waals surface area contributed by atoms with E-state index in [2.05, 4.69) is 140 Å². The molecule has 0 saturated carbocycles. The van der Waals surface area contributed by atoms with Crippen LogP contribution < -0.4 is 20.6 Å². The fourth-order valence-electron chi connectivity index (χ4n) is 9.03. The van der Waals surface area contributed by atoms with Crippen molar-refractivity contribution in [1.82, 2.24) is 0 Å². The van der Waals surface area contributed by atoms with E-state index in [1.807, 2.05) is 96.3 Å². The molecule has 2 aromatic heterocycles. The normalized spacial score (nSPS) is 20.6. The maximum Gasteiger partial charge on any atom is 0.226 e. The van der Waals surface area contributed by atoms with Crippen LogP contribution in [0.4, 0.5) is 11.4 Å². The molecular weight excluding hydrogens is 785 g/mol. The van der Waals surface area contributed by atoms with E-state index >= 15 is 0 Å². The van der Waals surface area contributed by atoms with Crippen molar-refractivity contribution in [3.8, 4) is 0 Å². The summed E-state index contributed by atoms with van der Waals surface area (Å²) in [5.41, 5.74) is 21.8. The van der Waals surface area contributed by atoms with Crippen LogP contribution in [0.5, 0.6) is 0 Å². The number of rotatable bonds is 12. The smallest absolute Gasteiger partial charge is 0.226 e. The fraction of sp³-hybridized carbons (Fsp3) is 0.276. The molecule has 0 radical (unpaired) electrons. The van der Waals surface area contributed by atoms with E-state index in [1.54, 1.807) is 0 Å². The van der Waals surface area contributed by atoms with Gasteiger partial charge in [-0.2, -0.15) is 9.13 Å². The molecule has 2 atom stereocenters. The summed E-state index contributed by atoms with van der Waals surface area (Å²) in [5.74, 6) is 0.316. The minimum atomic E-state index is -0.256. The van der Waals surface area contributed by atoms with Crippen LogP contribution in [-0.2, 0) is 9.59 Å². The third-order valence-corrected chi connectivity index (χ3v) is 12.8. The van der Waals surface area contributed by atoms with E-state index in [9.17, 15) is 9.59 Å². The molecule has 0 spiro atoms. The lowest BCUT2D eigenvalue weighted by Gasteiger charge is -2.34. The molecule has 2 aliphatic rings. The number of ketones is 2. The number of carbonyl (C=O) groups is 2. The number of carbonyl (C=O) groups excluding carboxylic acids is 2. The number of aromatic nitrogens is 2. The SMILES string of the molecule is CC1=C(/C=C/C(C)=C/C=C/C(C)=C/C=C/C=C(C)/C=C/C=C(C)/C=C/C2=C(C)C(=O)C([n+]3ccc4c(N)cccc4c3)CC2(C)C)C(C)(C)CC([n+]2ccc3c(N)cccc3c2)C1=O. The largest absolute Gasteiger partial charge is 0.398 e. The van der Waals surface area contributed by atoms with E-state index in [0.29, 0.717) is 0 Å². The first-order valence-corrected chi connectivity index (χ1v) is 22.3. The molecular formula is C58H66N4O2+2. The predicted molar refractivity (Wildman–Crippen MR) is 268 cm³/mol. The molecule has 4 N–H and O–H groups in total. The Kier molecular flexibility index (Phi) is 14.5. The van der Waals surface area contributed by atoms with Crippen LogP contribution in [-0.4, -0.2) is 11.6 Å². The van der Waals surface area contributed by atoms with Gasteiger partial charge < -0.3 is 11.5 Å². The average molecular weight is 851 g/mol. The van der Waals surface area contributed by atoms with Crippen LogP contribution in [0.1, 0.15) is 94.2 Å². The lowest BCUT2D eigenvalue weighted by molar-refractivity contribution is -0.710. The first kappa shape index (κ1) is 46.8. The second-order valence-corrected chi connectivity index (χ2v) is 18.9. The number of fused-ring (bicyclic) bond motifs is 2. The van der Waals surface area contributed by atoms with Gasteiger partial charge in [0.2, 0.25) is 23.7 Å². The molecule has 0 saturated heterocycles. The molecule has 64 heavy (non-hydrogen) atoms. The molecule has 4 aromatic rings. The zero-order valence-corrected chi connectivity index (χ0v) is 39.4. The number of allylic oxidation sites excluding steroid dienone is 22. The summed E-state index contributed by atoms with van der Waals surface area (Å²) in [6, 6.07) is 15.3. The van der Waals surface area contributed by atoms with E-state index in [4.69, 9.17) is 11.5 Å². The molecule has 0 amide bonds. The lowest BCUT2D eigenvalue weighted by Crippen LogP contribution is -2.48. The highest BCUT2D eigenvalue weighted by molar-refractivity contribution is 6.00. The maximum atomic E-state index is 13.7. The van der Waals surface area contributed by atoms with Crippen LogP contribution in [0.2, 0.25) is 0 Å². The summed E-state index contributed by atoms with van der Waals surface area (Å²) in [4.78, 5) is 27.4. The number of nitrogens with zero attached hydrogens (tertiary/aromatic N) is 2. The average Bonchev–Trinajstić information content (AvgIpc) is 3.24. The summed E-state index contributed by atoms with van der Waals surface area (Å²) in [5, 5.41) is 4.06. The third-order valence-electron chi connectivity index (χ3n) is 12.8. The number of hydrogen-bond acceptors (Lipinski definition) is 4. The van der Waals surface area contributed by atoms with Gasteiger partial charge in [-0.05, 0) is 87.8 Å². The highest BCUT2D eigenvalue weighted by Gasteiger charge is 2.44. The molecule has 328 valence electrons. The Balaban J connectivity index is 1.01. The molecule has 2 aliphatic carbocycles. The van der Waals surface area contributed by atoms with E-state index < -0.39 is 0 Å². The van der Waals surface area contributed by atoms with Crippen molar-refractivity contribution in [1.29, 1.82) is 0 Å². The minimum absolute atomic E-state index is 0.158. The van der Waals surface area contributed by atoms with Gasteiger partial charge in [0, 0.05) is 69.0 Å². The van der Waals surface area contributed by atoms with Crippen molar-refractivity contribution in [3.63, 3.8) is 0 Å². The molecule has 0 aliphatic heterocycles. The second kappa shape index (κ2) is 19.8. The zero-order valence-electron chi connectivity index (χ0n) is 39.4. The standard InChI is InChI=1S/C58H66N4O2/c1-39(19-13-21-41(3)27-29-49-43(5)55(63)53(35-57(49,7)8)61-33-31-47-45(37-61)23-15-25-51(47)59)17-11-12-18-40(2)20-14-22-42(4)28-30-50-44(6)56(64)54(36-58(50,9)10)62-34-32-48-46(38-62)24-16-26-52(48)60/h11-34,37-38,53-54H,35-36,59-60H2,1-10H3/q+2/b12-11+,19-13+,20-14+,29-27+,30-28+,39-17+,40-18+,41-21+,42-22+. The predicted octanol–water partition coefficient (Wildman–Crippen LogP) is 12.7. The Morgan fingerprint density at radius 2 is 0.906 bits per heavy atom. The first-order chi connectivity index (χ1) is 30.4. The van der Waals surface area contributed by atoms with Crippen molar-refractivity contribution in [2.45, 2.75) is 94.2 Å². The summed E-state index contributed by atoms with van der Waals surface area (Å²) in [6.45, 7) is 21.2. The molecule has 2 heterocycles.